The van der Waals surface area contributed by atoms with Crippen LogP contribution in [0.1, 0.15) is 18.9 Å². The molecule has 162 valence electrons. The summed E-state index contributed by atoms with van der Waals surface area (Å²) in [6.07, 6.45) is -3.81. The van der Waals surface area contributed by atoms with E-state index in [1.54, 1.807) is 6.92 Å². The number of hydrogen-bond acceptors (Lipinski definition) is 6. The minimum atomic E-state index is -4.52. The van der Waals surface area contributed by atoms with Crippen LogP contribution in [0.15, 0.2) is 23.2 Å². The second kappa shape index (κ2) is 11.2. The van der Waals surface area contributed by atoms with Crippen LogP contribution in [0.3, 0.4) is 0 Å². The minimum Gasteiger partial charge on any atom is -0.460 e. The Morgan fingerprint density at radius 2 is 2.07 bits per heavy atom. The van der Waals surface area contributed by atoms with Crippen molar-refractivity contribution in [2.75, 3.05) is 51.4 Å². The number of carbonyl (C=O) groups is 1. The Labute approximate surface area is 172 Å². The van der Waals surface area contributed by atoms with Gasteiger partial charge in [0.15, 0.2) is 0 Å². The number of benzene rings is 1. The molecule has 1 aliphatic heterocycles. The molecular formula is C18H24ClF3N4O3. The quantitative estimate of drug-likeness (QED) is 0.225. The zero-order valence-corrected chi connectivity index (χ0v) is 16.8. The fourth-order valence-corrected chi connectivity index (χ4v) is 2.75. The number of hydrazine groups is 1. The van der Waals surface area contributed by atoms with Crippen LogP contribution in [-0.4, -0.2) is 62.7 Å². The number of morpholine rings is 1. The van der Waals surface area contributed by atoms with Gasteiger partial charge in [0.05, 0.1) is 36.1 Å². The van der Waals surface area contributed by atoms with Gasteiger partial charge in [0.25, 0.3) is 0 Å². The first-order valence-corrected chi connectivity index (χ1v) is 9.59. The molecule has 0 saturated carbocycles. The van der Waals surface area contributed by atoms with Gasteiger partial charge in [0, 0.05) is 26.2 Å². The second-order valence-corrected chi connectivity index (χ2v) is 6.61. The number of alkyl halides is 3. The molecule has 1 saturated heterocycles. The lowest BCUT2D eigenvalue weighted by atomic mass is 10.2. The molecule has 2 N–H and O–H groups in total. The molecule has 29 heavy (non-hydrogen) atoms. The third-order valence-electron chi connectivity index (χ3n) is 4.08. The van der Waals surface area contributed by atoms with Gasteiger partial charge in [0.1, 0.15) is 0 Å². The van der Waals surface area contributed by atoms with Gasteiger partial charge in [0.2, 0.25) is 5.84 Å². The number of halogens is 4. The van der Waals surface area contributed by atoms with Crippen molar-refractivity contribution < 1.29 is 27.4 Å². The molecule has 0 amide bonds. The monoisotopic (exact) mass is 436 g/mol. The van der Waals surface area contributed by atoms with Crippen LogP contribution >= 0.6 is 11.6 Å². The molecule has 0 bridgehead atoms. The predicted octanol–water partition coefficient (Wildman–Crippen LogP) is 2.96. The Kier molecular flexibility index (Phi) is 8.99. The van der Waals surface area contributed by atoms with Gasteiger partial charge in [-0.2, -0.15) is 13.2 Å². The van der Waals surface area contributed by atoms with Gasteiger partial charge >= 0.3 is 12.1 Å². The first-order chi connectivity index (χ1) is 13.8. The normalized spacial score (nSPS) is 15.8. The van der Waals surface area contributed by atoms with Crippen LogP contribution < -0.4 is 10.9 Å². The first kappa shape index (κ1) is 23.2. The fraction of sp³-hybridized carbons (Fsp3) is 0.556. The van der Waals surface area contributed by atoms with E-state index in [1.807, 2.05) is 0 Å². The van der Waals surface area contributed by atoms with Crippen LogP contribution in [0.5, 0.6) is 0 Å². The highest BCUT2D eigenvalue weighted by Crippen LogP contribution is 2.33. The van der Waals surface area contributed by atoms with E-state index in [1.165, 1.54) is 0 Å². The van der Waals surface area contributed by atoms with Gasteiger partial charge in [-0.3, -0.25) is 20.7 Å². The number of amidine groups is 1. The van der Waals surface area contributed by atoms with E-state index < -0.39 is 17.7 Å². The molecule has 11 heteroatoms. The maximum Gasteiger partial charge on any atom is 0.416 e. The summed E-state index contributed by atoms with van der Waals surface area (Å²) in [5.74, 6) is -0.850. The Balaban J connectivity index is 1.98. The van der Waals surface area contributed by atoms with E-state index in [9.17, 15) is 18.0 Å². The molecule has 0 radical (unpaired) electrons. The van der Waals surface area contributed by atoms with Crippen LogP contribution in [0.4, 0.5) is 18.9 Å². The minimum absolute atomic E-state index is 0.0354. The molecule has 0 aromatic heterocycles. The molecular weight excluding hydrogens is 413 g/mol. The predicted molar refractivity (Wildman–Crippen MR) is 104 cm³/mol. The number of carbonyl (C=O) groups excluding carboxylic acids is 1. The fourth-order valence-electron chi connectivity index (χ4n) is 2.59. The number of nitrogens with one attached hydrogen (secondary N) is 2. The highest BCUT2D eigenvalue weighted by atomic mass is 35.5. The Hall–Kier alpha value is -2.04. The largest absolute Gasteiger partial charge is 0.460 e. The van der Waals surface area contributed by atoms with E-state index >= 15 is 0 Å². The van der Waals surface area contributed by atoms with Crippen molar-refractivity contribution in [2.24, 2.45) is 4.99 Å². The van der Waals surface area contributed by atoms with E-state index in [0.29, 0.717) is 26.2 Å². The summed E-state index contributed by atoms with van der Waals surface area (Å²) in [5.41, 5.74) is 4.13. The highest BCUT2D eigenvalue weighted by Gasteiger charge is 2.31. The van der Waals surface area contributed by atoms with Crippen molar-refractivity contribution in [1.82, 2.24) is 10.3 Å². The Bertz CT molecular complexity index is 710. The molecule has 1 aromatic rings. The molecule has 1 aromatic carbocycles. The summed E-state index contributed by atoms with van der Waals surface area (Å²) < 4.78 is 48.9. The molecule has 2 rings (SSSR count). The van der Waals surface area contributed by atoms with Gasteiger partial charge < -0.3 is 9.47 Å². The topological polar surface area (TPSA) is 75.2 Å². The number of rotatable bonds is 7. The van der Waals surface area contributed by atoms with Gasteiger partial charge in [-0.05, 0) is 31.5 Å². The maximum atomic E-state index is 12.9. The average molecular weight is 437 g/mol. The summed E-state index contributed by atoms with van der Waals surface area (Å²) in [6.45, 7) is 6.01. The molecule has 1 aliphatic rings. The summed E-state index contributed by atoms with van der Waals surface area (Å²) in [6, 6.07) is 2.84. The maximum absolute atomic E-state index is 12.9. The number of esters is 1. The van der Waals surface area contributed by atoms with Crippen LogP contribution in [0, 0.1) is 0 Å². The zero-order chi connectivity index (χ0) is 21.3. The van der Waals surface area contributed by atoms with Crippen LogP contribution in [-0.2, 0) is 20.4 Å². The van der Waals surface area contributed by atoms with Crippen molar-refractivity contribution in [1.29, 1.82) is 0 Å². The number of aliphatic imine (C=N–C) groups is 1. The summed E-state index contributed by atoms with van der Waals surface area (Å²) >= 11 is 5.94. The summed E-state index contributed by atoms with van der Waals surface area (Å²) in [5, 5.41) is 0.0565. The van der Waals surface area contributed by atoms with E-state index in [0.717, 1.165) is 37.8 Å². The molecule has 0 atom stereocenters. The average Bonchev–Trinajstić information content (AvgIpc) is 2.68. The lowest BCUT2D eigenvalue weighted by Gasteiger charge is -2.26. The smallest absolute Gasteiger partial charge is 0.416 e. The standard InChI is InChI=1S/C18H24ClF3N4O3/c1-2-29-17(27)16(23-6-3-7-26-8-10-28-11-9-26)25-24-15-12-13(18(20,21)22)4-5-14(15)19/h4-5,12,24H,2-3,6-11H2,1H3,(H,23,25). The number of hydrogen-bond donors (Lipinski definition) is 2. The number of ether oxygens (including phenoxy) is 2. The van der Waals surface area contributed by atoms with E-state index in [4.69, 9.17) is 21.1 Å². The van der Waals surface area contributed by atoms with E-state index in [-0.39, 0.29) is 23.2 Å². The van der Waals surface area contributed by atoms with Crippen molar-refractivity contribution in [3.8, 4) is 0 Å². The lowest BCUT2D eigenvalue weighted by molar-refractivity contribution is -0.137. The molecule has 1 fully saturated rings. The van der Waals surface area contributed by atoms with Crippen molar-refractivity contribution in [3.05, 3.63) is 28.8 Å². The molecule has 0 aliphatic carbocycles. The first-order valence-electron chi connectivity index (χ1n) is 9.21. The Morgan fingerprint density at radius 3 is 2.72 bits per heavy atom. The highest BCUT2D eigenvalue weighted by molar-refractivity contribution is 6.36. The van der Waals surface area contributed by atoms with Crippen molar-refractivity contribution in [2.45, 2.75) is 19.5 Å². The van der Waals surface area contributed by atoms with Gasteiger partial charge in [-0.25, -0.2) is 4.79 Å². The lowest BCUT2D eigenvalue weighted by Crippen LogP contribution is -2.38. The number of anilines is 1. The van der Waals surface area contributed by atoms with Crippen molar-refractivity contribution in [3.63, 3.8) is 0 Å². The van der Waals surface area contributed by atoms with Crippen LogP contribution in [0.2, 0.25) is 5.02 Å². The third kappa shape index (κ3) is 7.71. The SMILES string of the molecule is CCOC(=O)C(=NCCCN1CCOCC1)NNc1cc(C(F)(F)F)ccc1Cl. The number of nitrogens with zero attached hydrogens (tertiary/aromatic N) is 2. The molecule has 0 unspecified atom stereocenters. The summed E-state index contributed by atoms with van der Waals surface area (Å²) in [7, 11) is 0. The second-order valence-electron chi connectivity index (χ2n) is 6.20. The van der Waals surface area contributed by atoms with Crippen molar-refractivity contribution >= 4 is 29.1 Å². The third-order valence-corrected chi connectivity index (χ3v) is 4.41. The summed E-state index contributed by atoms with van der Waals surface area (Å²) in [4.78, 5) is 18.5. The van der Waals surface area contributed by atoms with E-state index in [2.05, 4.69) is 20.7 Å². The Morgan fingerprint density at radius 1 is 1.34 bits per heavy atom. The molecule has 1 heterocycles. The zero-order valence-electron chi connectivity index (χ0n) is 16.0. The molecule has 0 spiro atoms. The van der Waals surface area contributed by atoms with Gasteiger partial charge in [-0.15, -0.1) is 0 Å². The van der Waals surface area contributed by atoms with Gasteiger partial charge in [-0.1, -0.05) is 11.6 Å². The molecule has 7 nitrogen and oxygen atoms in total. The van der Waals surface area contributed by atoms with Crippen LogP contribution in [0.25, 0.3) is 0 Å².